The van der Waals surface area contributed by atoms with Gasteiger partial charge >= 0.3 is 0 Å². The summed E-state index contributed by atoms with van der Waals surface area (Å²) < 4.78 is 0. The molecule has 0 spiro atoms. The molecule has 0 saturated carbocycles. The molecule has 3 nitrogen and oxygen atoms in total. The number of halogens is 1. The smallest absolute Gasteiger partial charge is 0.255 e. The van der Waals surface area contributed by atoms with Gasteiger partial charge in [-0.25, -0.2) is 0 Å². The van der Waals surface area contributed by atoms with Gasteiger partial charge in [0.15, 0.2) is 0 Å². The fourth-order valence-corrected chi connectivity index (χ4v) is 2.71. The highest BCUT2D eigenvalue weighted by atomic mass is 35.5. The summed E-state index contributed by atoms with van der Waals surface area (Å²) in [6, 6.07) is 8.10. The van der Waals surface area contributed by atoms with Gasteiger partial charge in [0.05, 0.1) is 5.56 Å². The van der Waals surface area contributed by atoms with Gasteiger partial charge in [0.2, 0.25) is 0 Å². The zero-order valence-electron chi connectivity index (χ0n) is 10.7. The molecule has 5 heteroatoms. The number of nitrogens with one attached hydrogen (secondary N) is 1. The molecule has 1 aromatic rings. The molecule has 1 saturated heterocycles. The Morgan fingerprint density at radius 2 is 2.17 bits per heavy atom. The molecule has 1 aliphatic rings. The SMILES string of the molecule is CSc1ccccc1C(=O)N1CCNC[C@@H]1C.Cl. The number of thioether (sulfide) groups is 1. The predicted molar refractivity (Wildman–Crippen MR) is 78.8 cm³/mol. The highest BCUT2D eigenvalue weighted by Crippen LogP contribution is 2.22. The van der Waals surface area contributed by atoms with Gasteiger partial charge < -0.3 is 10.2 Å². The fraction of sp³-hybridized carbons (Fsp3) is 0.462. The van der Waals surface area contributed by atoms with Gasteiger partial charge in [-0.05, 0) is 25.3 Å². The van der Waals surface area contributed by atoms with Crippen LogP contribution < -0.4 is 5.32 Å². The summed E-state index contributed by atoms with van der Waals surface area (Å²) in [7, 11) is 0. The molecule has 1 N–H and O–H groups in total. The minimum absolute atomic E-state index is 0. The fourth-order valence-electron chi connectivity index (χ4n) is 2.12. The third-order valence-electron chi connectivity index (χ3n) is 3.10. The number of benzene rings is 1. The van der Waals surface area contributed by atoms with E-state index in [4.69, 9.17) is 0 Å². The van der Waals surface area contributed by atoms with Crippen molar-refractivity contribution in [2.75, 3.05) is 25.9 Å². The Balaban J connectivity index is 0.00000162. The second-order valence-corrected chi connectivity index (χ2v) is 5.10. The van der Waals surface area contributed by atoms with Crippen molar-refractivity contribution in [2.45, 2.75) is 17.9 Å². The predicted octanol–water partition coefficient (Wildman–Crippen LogP) is 2.26. The van der Waals surface area contributed by atoms with E-state index in [2.05, 4.69) is 12.2 Å². The second kappa shape index (κ2) is 7.02. The van der Waals surface area contributed by atoms with E-state index in [-0.39, 0.29) is 24.4 Å². The van der Waals surface area contributed by atoms with Crippen LogP contribution in [0.4, 0.5) is 0 Å². The van der Waals surface area contributed by atoms with Crippen molar-refractivity contribution in [1.29, 1.82) is 0 Å². The summed E-state index contributed by atoms with van der Waals surface area (Å²) in [5.41, 5.74) is 0.828. The summed E-state index contributed by atoms with van der Waals surface area (Å²) in [4.78, 5) is 15.5. The van der Waals surface area contributed by atoms with Crippen molar-refractivity contribution in [3.8, 4) is 0 Å². The van der Waals surface area contributed by atoms with Gasteiger partial charge in [0.25, 0.3) is 5.91 Å². The molecule has 0 bridgehead atoms. The van der Waals surface area contributed by atoms with Crippen LogP contribution in [0.1, 0.15) is 17.3 Å². The summed E-state index contributed by atoms with van der Waals surface area (Å²) in [5.74, 6) is 0.156. The molecular formula is C13H19ClN2OS. The Kier molecular flexibility index (Phi) is 5.99. The van der Waals surface area contributed by atoms with Crippen LogP contribution in [0.25, 0.3) is 0 Å². The quantitative estimate of drug-likeness (QED) is 0.847. The Morgan fingerprint density at radius 1 is 1.44 bits per heavy atom. The molecule has 0 radical (unpaired) electrons. The lowest BCUT2D eigenvalue weighted by Gasteiger charge is -2.34. The number of carbonyl (C=O) groups excluding carboxylic acids is 1. The maximum absolute atomic E-state index is 12.5. The molecule has 0 aromatic heterocycles. The van der Waals surface area contributed by atoms with E-state index in [0.29, 0.717) is 0 Å². The molecule has 2 rings (SSSR count). The largest absolute Gasteiger partial charge is 0.333 e. The Morgan fingerprint density at radius 3 is 2.83 bits per heavy atom. The number of hydrogen-bond acceptors (Lipinski definition) is 3. The average molecular weight is 287 g/mol. The zero-order chi connectivity index (χ0) is 12.3. The normalized spacial score (nSPS) is 19.2. The maximum atomic E-state index is 12.5. The monoisotopic (exact) mass is 286 g/mol. The lowest BCUT2D eigenvalue weighted by Crippen LogP contribution is -2.52. The molecule has 1 heterocycles. The van der Waals surface area contributed by atoms with Gasteiger partial charge in [-0.3, -0.25) is 4.79 Å². The Hall–Kier alpha value is -0.710. The molecular weight excluding hydrogens is 268 g/mol. The number of hydrogen-bond donors (Lipinski definition) is 1. The minimum atomic E-state index is 0. The van der Waals surface area contributed by atoms with Crippen LogP contribution in [0.5, 0.6) is 0 Å². The third-order valence-corrected chi connectivity index (χ3v) is 3.90. The first-order valence-electron chi connectivity index (χ1n) is 5.88. The van der Waals surface area contributed by atoms with E-state index in [1.807, 2.05) is 35.4 Å². The Bertz CT molecular complexity index is 414. The third kappa shape index (κ3) is 3.19. The van der Waals surface area contributed by atoms with Crippen LogP contribution in [0, 0.1) is 0 Å². The molecule has 0 aliphatic carbocycles. The number of nitrogens with zero attached hydrogens (tertiary/aromatic N) is 1. The van der Waals surface area contributed by atoms with E-state index < -0.39 is 0 Å². The molecule has 1 amide bonds. The number of rotatable bonds is 2. The van der Waals surface area contributed by atoms with E-state index in [1.165, 1.54) is 0 Å². The summed E-state index contributed by atoms with van der Waals surface area (Å²) in [6.07, 6.45) is 2.01. The van der Waals surface area contributed by atoms with Crippen LogP contribution in [-0.2, 0) is 0 Å². The maximum Gasteiger partial charge on any atom is 0.255 e. The van der Waals surface area contributed by atoms with Crippen molar-refractivity contribution in [2.24, 2.45) is 0 Å². The van der Waals surface area contributed by atoms with Crippen LogP contribution in [0.3, 0.4) is 0 Å². The molecule has 100 valence electrons. The van der Waals surface area contributed by atoms with Gasteiger partial charge in [-0.1, -0.05) is 12.1 Å². The molecule has 1 aliphatic heterocycles. The summed E-state index contributed by atoms with van der Waals surface area (Å²) in [6.45, 7) is 4.65. The number of piperazine rings is 1. The standard InChI is InChI=1S/C13H18N2OS.ClH/c1-10-9-14-7-8-15(10)13(16)11-5-3-4-6-12(11)17-2;/h3-6,10,14H,7-9H2,1-2H3;1H/t10-;/m0./s1. The number of carbonyl (C=O) groups is 1. The van der Waals surface area contributed by atoms with E-state index in [9.17, 15) is 4.79 Å². The zero-order valence-corrected chi connectivity index (χ0v) is 12.3. The second-order valence-electron chi connectivity index (χ2n) is 4.25. The molecule has 1 aromatic carbocycles. The average Bonchev–Trinajstić information content (AvgIpc) is 2.38. The van der Waals surface area contributed by atoms with E-state index in [0.717, 1.165) is 30.1 Å². The van der Waals surface area contributed by atoms with Crippen molar-refractivity contribution >= 4 is 30.1 Å². The molecule has 18 heavy (non-hydrogen) atoms. The molecule has 0 unspecified atom stereocenters. The lowest BCUT2D eigenvalue weighted by atomic mass is 10.1. The van der Waals surface area contributed by atoms with Gasteiger partial charge in [0, 0.05) is 30.6 Å². The highest BCUT2D eigenvalue weighted by molar-refractivity contribution is 7.98. The van der Waals surface area contributed by atoms with Crippen molar-refractivity contribution in [3.05, 3.63) is 29.8 Å². The van der Waals surface area contributed by atoms with Gasteiger partial charge in [-0.2, -0.15) is 0 Å². The van der Waals surface area contributed by atoms with E-state index >= 15 is 0 Å². The lowest BCUT2D eigenvalue weighted by molar-refractivity contribution is 0.0652. The highest BCUT2D eigenvalue weighted by Gasteiger charge is 2.25. The summed E-state index contributed by atoms with van der Waals surface area (Å²) >= 11 is 1.63. The molecule has 1 atom stereocenters. The van der Waals surface area contributed by atoms with Crippen molar-refractivity contribution in [1.82, 2.24) is 10.2 Å². The van der Waals surface area contributed by atoms with Crippen LogP contribution in [-0.4, -0.2) is 42.7 Å². The van der Waals surface area contributed by atoms with Gasteiger partial charge in [0.1, 0.15) is 0 Å². The van der Waals surface area contributed by atoms with Crippen LogP contribution >= 0.6 is 24.2 Å². The topological polar surface area (TPSA) is 32.3 Å². The minimum Gasteiger partial charge on any atom is -0.333 e. The summed E-state index contributed by atoms with van der Waals surface area (Å²) in [5, 5.41) is 3.30. The Labute approximate surface area is 119 Å². The first kappa shape index (κ1) is 15.3. The van der Waals surface area contributed by atoms with Crippen LogP contribution in [0.2, 0.25) is 0 Å². The van der Waals surface area contributed by atoms with Crippen LogP contribution in [0.15, 0.2) is 29.2 Å². The number of amides is 1. The van der Waals surface area contributed by atoms with E-state index in [1.54, 1.807) is 11.8 Å². The molecule has 1 fully saturated rings. The first-order chi connectivity index (χ1) is 8.24. The van der Waals surface area contributed by atoms with Gasteiger partial charge in [-0.15, -0.1) is 24.2 Å². The first-order valence-corrected chi connectivity index (χ1v) is 7.11. The van der Waals surface area contributed by atoms with Crippen molar-refractivity contribution in [3.63, 3.8) is 0 Å². The van der Waals surface area contributed by atoms with Crippen molar-refractivity contribution < 1.29 is 4.79 Å².